The van der Waals surface area contributed by atoms with Crippen molar-refractivity contribution in [2.75, 3.05) is 17.2 Å². The molecule has 192 valence electrons. The van der Waals surface area contributed by atoms with Crippen LogP contribution >= 0.6 is 34.5 Å². The summed E-state index contributed by atoms with van der Waals surface area (Å²) in [5.74, 6) is -0.163. The average molecular weight is 566 g/mol. The maximum absolute atomic E-state index is 13.3. The highest BCUT2D eigenvalue weighted by molar-refractivity contribution is 7.22. The van der Waals surface area contributed by atoms with Crippen LogP contribution in [0.25, 0.3) is 15.9 Å². The summed E-state index contributed by atoms with van der Waals surface area (Å²) in [6.07, 6.45) is 0. The number of benzene rings is 3. The zero-order valence-electron chi connectivity index (χ0n) is 20.3. The summed E-state index contributed by atoms with van der Waals surface area (Å²) < 4.78 is 7.89. The Balaban J connectivity index is 1.37. The Morgan fingerprint density at radius 1 is 1.00 bits per heavy atom. The van der Waals surface area contributed by atoms with Crippen LogP contribution in [0.1, 0.15) is 33.3 Å². The average Bonchev–Trinajstić information content (AvgIpc) is 3.43. The van der Waals surface area contributed by atoms with Crippen molar-refractivity contribution in [3.8, 4) is 11.4 Å². The topological polar surface area (TPSA) is 98.1 Å². The molecule has 5 aromatic rings. The number of fused-ring (bicyclic) bond motifs is 1. The number of carbonyl (C=O) groups excluding carboxylic acids is 2. The van der Waals surface area contributed by atoms with Gasteiger partial charge in [-0.2, -0.15) is 5.10 Å². The molecule has 0 unspecified atom stereocenters. The molecule has 0 atom stereocenters. The maximum Gasteiger partial charge on any atom is 0.260 e. The molecule has 5 rings (SSSR count). The number of hydrogen-bond acceptors (Lipinski definition) is 6. The molecule has 38 heavy (non-hydrogen) atoms. The Bertz CT molecular complexity index is 1660. The number of nitrogens with zero attached hydrogens (tertiary/aromatic N) is 3. The molecule has 2 amide bonds. The summed E-state index contributed by atoms with van der Waals surface area (Å²) in [7, 11) is 0. The summed E-state index contributed by atoms with van der Waals surface area (Å²) >= 11 is 13.9. The number of carbonyl (C=O) groups is 2. The molecular weight excluding hydrogens is 545 g/mol. The summed E-state index contributed by atoms with van der Waals surface area (Å²) in [4.78, 5) is 30.9. The van der Waals surface area contributed by atoms with Gasteiger partial charge in [0.05, 0.1) is 39.5 Å². The zero-order valence-corrected chi connectivity index (χ0v) is 22.6. The predicted octanol–water partition coefficient (Wildman–Crippen LogP) is 7.00. The number of thiazole rings is 1. The Kier molecular flexibility index (Phi) is 7.33. The molecule has 11 heteroatoms. The van der Waals surface area contributed by atoms with Gasteiger partial charge < -0.3 is 10.1 Å². The van der Waals surface area contributed by atoms with Crippen molar-refractivity contribution in [3.63, 3.8) is 0 Å². The second-order valence-electron chi connectivity index (χ2n) is 8.17. The minimum absolute atomic E-state index is 0.144. The number of para-hydroxylation sites is 1. The lowest BCUT2D eigenvalue weighted by molar-refractivity contribution is 0.102. The van der Waals surface area contributed by atoms with Crippen LogP contribution in [0.5, 0.6) is 5.75 Å². The van der Waals surface area contributed by atoms with E-state index >= 15 is 0 Å². The lowest BCUT2D eigenvalue weighted by Crippen LogP contribution is -2.18. The van der Waals surface area contributed by atoms with Gasteiger partial charge in [0.2, 0.25) is 0 Å². The number of amides is 2. The minimum atomic E-state index is -0.489. The first-order chi connectivity index (χ1) is 18.3. The number of ether oxygens (including phenoxy) is 1. The summed E-state index contributed by atoms with van der Waals surface area (Å²) in [5.41, 5.74) is 2.64. The molecule has 0 aliphatic carbocycles. The Labute approximate surface area is 232 Å². The van der Waals surface area contributed by atoms with Crippen LogP contribution in [-0.4, -0.2) is 33.2 Å². The van der Waals surface area contributed by atoms with E-state index in [4.69, 9.17) is 27.9 Å². The van der Waals surface area contributed by atoms with E-state index in [9.17, 15) is 9.59 Å². The first-order valence-corrected chi connectivity index (χ1v) is 13.2. The number of halogens is 2. The monoisotopic (exact) mass is 565 g/mol. The van der Waals surface area contributed by atoms with Gasteiger partial charge in [0, 0.05) is 5.02 Å². The molecule has 0 saturated carbocycles. The van der Waals surface area contributed by atoms with E-state index in [1.54, 1.807) is 55.5 Å². The van der Waals surface area contributed by atoms with Gasteiger partial charge >= 0.3 is 0 Å². The molecule has 0 radical (unpaired) electrons. The lowest BCUT2D eigenvalue weighted by Gasteiger charge is -2.10. The van der Waals surface area contributed by atoms with Gasteiger partial charge in [0.1, 0.15) is 16.5 Å². The Morgan fingerprint density at radius 3 is 2.53 bits per heavy atom. The third-order valence-electron chi connectivity index (χ3n) is 5.61. The molecule has 8 nitrogen and oxygen atoms in total. The molecule has 0 spiro atoms. The van der Waals surface area contributed by atoms with Crippen molar-refractivity contribution in [1.29, 1.82) is 0 Å². The highest BCUT2D eigenvalue weighted by atomic mass is 35.5. The lowest BCUT2D eigenvalue weighted by atomic mass is 10.1. The van der Waals surface area contributed by atoms with Crippen molar-refractivity contribution in [1.82, 2.24) is 14.8 Å². The van der Waals surface area contributed by atoms with Crippen LogP contribution in [-0.2, 0) is 0 Å². The van der Waals surface area contributed by atoms with E-state index < -0.39 is 11.8 Å². The molecule has 0 saturated heterocycles. The maximum atomic E-state index is 13.3. The van der Waals surface area contributed by atoms with Crippen LogP contribution in [0.3, 0.4) is 0 Å². The van der Waals surface area contributed by atoms with E-state index in [2.05, 4.69) is 20.7 Å². The SMILES string of the molecule is CCOc1ccc2nc(NC(=O)c3ccccc3NC(=O)c3c(C)nn(-c4ccc(Cl)cc4)c3Cl)sc2c1. The van der Waals surface area contributed by atoms with E-state index in [-0.39, 0.29) is 16.3 Å². The normalized spacial score (nSPS) is 10.9. The van der Waals surface area contributed by atoms with Crippen LogP contribution in [0.15, 0.2) is 66.7 Å². The fraction of sp³-hybridized carbons (Fsp3) is 0.111. The number of anilines is 2. The molecule has 2 aromatic heterocycles. The molecule has 0 aliphatic heterocycles. The van der Waals surface area contributed by atoms with Crippen LogP contribution in [0, 0.1) is 6.92 Å². The fourth-order valence-corrected chi connectivity index (χ4v) is 5.24. The summed E-state index contributed by atoms with van der Waals surface area (Å²) in [6, 6.07) is 19.2. The van der Waals surface area contributed by atoms with Crippen molar-refractivity contribution in [3.05, 3.63) is 93.7 Å². The van der Waals surface area contributed by atoms with Crippen LogP contribution in [0.2, 0.25) is 10.2 Å². The number of rotatable bonds is 7. The second-order valence-corrected chi connectivity index (χ2v) is 10.00. The van der Waals surface area contributed by atoms with Crippen molar-refractivity contribution in [2.45, 2.75) is 13.8 Å². The van der Waals surface area contributed by atoms with Gasteiger partial charge in [-0.25, -0.2) is 9.67 Å². The molecule has 0 aliphatic rings. The Hall–Kier alpha value is -3.92. The first-order valence-electron chi connectivity index (χ1n) is 11.6. The summed E-state index contributed by atoms with van der Waals surface area (Å²) in [5, 5.41) is 11.2. The molecule has 0 bridgehead atoms. The molecule has 0 fully saturated rings. The molecular formula is C27H21Cl2N5O3S. The minimum Gasteiger partial charge on any atom is -0.494 e. The van der Waals surface area contributed by atoms with Gasteiger partial charge in [0.15, 0.2) is 5.13 Å². The van der Waals surface area contributed by atoms with E-state index in [0.29, 0.717) is 33.8 Å². The number of hydrogen-bond donors (Lipinski definition) is 2. The van der Waals surface area contributed by atoms with E-state index in [1.165, 1.54) is 16.0 Å². The first kappa shape index (κ1) is 25.7. The highest BCUT2D eigenvalue weighted by Crippen LogP contribution is 2.30. The fourth-order valence-electron chi connectivity index (χ4n) is 3.86. The standard InChI is InChI=1S/C27H21Cl2N5O3S/c1-3-37-18-12-13-21-22(14-18)38-27(31-21)32-25(35)19-6-4-5-7-20(19)30-26(36)23-15(2)33-34(24(23)29)17-10-8-16(28)9-11-17/h4-14H,3H2,1-2H3,(H,30,36)(H,31,32,35). The zero-order chi connectivity index (χ0) is 26.8. The van der Waals surface area contributed by atoms with E-state index in [1.807, 2.05) is 25.1 Å². The smallest absolute Gasteiger partial charge is 0.260 e. The van der Waals surface area contributed by atoms with Crippen molar-refractivity contribution >= 4 is 67.4 Å². The molecule has 3 aromatic carbocycles. The molecule has 2 heterocycles. The molecule has 2 N–H and O–H groups in total. The third kappa shape index (κ3) is 5.22. The van der Waals surface area contributed by atoms with Gasteiger partial charge in [-0.1, -0.05) is 46.7 Å². The second kappa shape index (κ2) is 10.8. The number of aryl methyl sites for hydroxylation is 1. The van der Waals surface area contributed by atoms with Crippen LogP contribution < -0.4 is 15.4 Å². The third-order valence-corrected chi connectivity index (χ3v) is 7.15. The highest BCUT2D eigenvalue weighted by Gasteiger charge is 2.23. The van der Waals surface area contributed by atoms with Gasteiger partial charge in [-0.05, 0) is 68.4 Å². The van der Waals surface area contributed by atoms with Crippen molar-refractivity contribution < 1.29 is 14.3 Å². The van der Waals surface area contributed by atoms with E-state index in [0.717, 1.165) is 16.0 Å². The van der Waals surface area contributed by atoms with Gasteiger partial charge in [-0.15, -0.1) is 0 Å². The van der Waals surface area contributed by atoms with Crippen LogP contribution in [0.4, 0.5) is 10.8 Å². The predicted molar refractivity (Wildman–Crippen MR) is 151 cm³/mol. The Morgan fingerprint density at radius 2 is 1.76 bits per heavy atom. The van der Waals surface area contributed by atoms with Gasteiger partial charge in [-0.3, -0.25) is 14.9 Å². The largest absolute Gasteiger partial charge is 0.494 e. The van der Waals surface area contributed by atoms with Gasteiger partial charge in [0.25, 0.3) is 11.8 Å². The number of aromatic nitrogens is 3. The quantitative estimate of drug-likeness (QED) is 0.221. The summed E-state index contributed by atoms with van der Waals surface area (Å²) in [6.45, 7) is 4.17. The van der Waals surface area contributed by atoms with Crippen molar-refractivity contribution in [2.24, 2.45) is 0 Å². The number of nitrogens with one attached hydrogen (secondary N) is 2.